The number of thiophene rings is 1. The largest absolute Gasteiger partial charge is 0.469 e. The van der Waals surface area contributed by atoms with E-state index in [0.717, 1.165) is 18.0 Å². The van der Waals surface area contributed by atoms with E-state index in [4.69, 9.17) is 9.47 Å². The molecule has 5 nitrogen and oxygen atoms in total. The van der Waals surface area contributed by atoms with Crippen LogP contribution in [0.3, 0.4) is 0 Å². The molecule has 1 rings (SSSR count). The van der Waals surface area contributed by atoms with Crippen LogP contribution in [0.5, 0.6) is 0 Å². The van der Waals surface area contributed by atoms with Gasteiger partial charge in [-0.3, -0.25) is 4.79 Å². The topological polar surface area (TPSA) is 56.8 Å². The monoisotopic (exact) mass is 287 g/mol. The summed E-state index contributed by atoms with van der Waals surface area (Å²) >= 11 is 1.61. The van der Waals surface area contributed by atoms with E-state index >= 15 is 0 Å². The minimum atomic E-state index is -0.207. The van der Waals surface area contributed by atoms with E-state index in [9.17, 15) is 4.79 Å². The van der Waals surface area contributed by atoms with Gasteiger partial charge in [0, 0.05) is 37.1 Å². The third kappa shape index (κ3) is 6.15. The highest BCUT2D eigenvalue weighted by Gasteiger charge is 2.08. The van der Waals surface area contributed by atoms with E-state index in [1.54, 1.807) is 25.6 Å². The van der Waals surface area contributed by atoms with Crippen molar-refractivity contribution in [1.82, 2.24) is 5.32 Å². The van der Waals surface area contributed by atoms with Crippen molar-refractivity contribution in [1.29, 1.82) is 0 Å². The van der Waals surface area contributed by atoms with Crippen molar-refractivity contribution in [2.75, 3.05) is 34.5 Å². The lowest BCUT2D eigenvalue weighted by molar-refractivity contribution is -0.139. The third-order valence-electron chi connectivity index (χ3n) is 2.62. The Morgan fingerprint density at radius 3 is 2.68 bits per heavy atom. The van der Waals surface area contributed by atoms with Crippen LogP contribution in [0.4, 0.5) is 0 Å². The number of carbonyl (C=O) groups excluding carboxylic acids is 1. The Hall–Kier alpha value is -0.950. The number of methoxy groups -OCH3 is 3. The quantitative estimate of drug-likeness (QED) is 0.692. The van der Waals surface area contributed by atoms with Crippen molar-refractivity contribution in [3.05, 3.63) is 21.9 Å². The lowest BCUT2D eigenvalue weighted by Crippen LogP contribution is -2.31. The molecule has 1 aromatic rings. The number of esters is 1. The Bertz CT molecular complexity index is 380. The first-order valence-corrected chi connectivity index (χ1v) is 6.88. The average molecular weight is 287 g/mol. The van der Waals surface area contributed by atoms with Crippen LogP contribution in [0.2, 0.25) is 0 Å². The van der Waals surface area contributed by atoms with Crippen molar-refractivity contribution in [2.24, 2.45) is 0 Å². The van der Waals surface area contributed by atoms with Crippen LogP contribution < -0.4 is 5.32 Å². The molecule has 0 aliphatic rings. The van der Waals surface area contributed by atoms with E-state index in [1.807, 2.05) is 12.1 Å². The predicted octanol–water partition coefficient (Wildman–Crippen LogP) is 1.21. The zero-order valence-corrected chi connectivity index (χ0v) is 12.4. The Morgan fingerprint density at radius 1 is 1.32 bits per heavy atom. The maximum atomic E-state index is 11.1. The van der Waals surface area contributed by atoms with Gasteiger partial charge in [0.05, 0.1) is 26.2 Å². The number of nitrogens with one attached hydrogen (secondary N) is 1. The summed E-state index contributed by atoms with van der Waals surface area (Å²) in [5, 5.41) is 3.31. The molecule has 0 aromatic carbocycles. The minimum Gasteiger partial charge on any atom is -0.469 e. The summed E-state index contributed by atoms with van der Waals surface area (Å²) in [5.74, 6) is -0.207. The predicted molar refractivity (Wildman–Crippen MR) is 74.4 cm³/mol. The molecule has 19 heavy (non-hydrogen) atoms. The molecule has 1 heterocycles. The normalized spacial score (nSPS) is 12.4. The van der Waals surface area contributed by atoms with Crippen LogP contribution in [-0.4, -0.2) is 46.6 Å². The Kier molecular flexibility index (Phi) is 7.66. The fraction of sp³-hybridized carbons (Fsp3) is 0.615. The summed E-state index contributed by atoms with van der Waals surface area (Å²) in [6, 6.07) is 3.98. The molecule has 1 aromatic heterocycles. The number of ether oxygens (including phenoxy) is 3. The van der Waals surface area contributed by atoms with Crippen LogP contribution >= 0.6 is 11.3 Å². The van der Waals surface area contributed by atoms with Gasteiger partial charge in [-0.2, -0.15) is 0 Å². The number of rotatable bonds is 9. The zero-order chi connectivity index (χ0) is 14.1. The highest BCUT2D eigenvalue weighted by molar-refractivity contribution is 7.12. The molecule has 0 amide bonds. The molecule has 0 fully saturated rings. The SMILES string of the molecule is COCC(CNCc1ccc(CC(=O)OC)s1)OC. The second-order valence-electron chi connectivity index (χ2n) is 4.06. The van der Waals surface area contributed by atoms with Crippen LogP contribution in [0.1, 0.15) is 9.75 Å². The lowest BCUT2D eigenvalue weighted by atomic mass is 10.3. The highest BCUT2D eigenvalue weighted by Crippen LogP contribution is 2.17. The molecular formula is C13H21NO4S. The van der Waals surface area contributed by atoms with E-state index in [1.165, 1.54) is 12.0 Å². The van der Waals surface area contributed by atoms with Gasteiger partial charge in [-0.25, -0.2) is 0 Å². The molecule has 0 saturated carbocycles. The molecule has 0 aliphatic carbocycles. The summed E-state index contributed by atoms with van der Waals surface area (Å²) in [5.41, 5.74) is 0. The molecule has 0 spiro atoms. The van der Waals surface area contributed by atoms with Gasteiger partial charge < -0.3 is 19.5 Å². The molecule has 0 aliphatic heterocycles. The fourth-order valence-electron chi connectivity index (χ4n) is 1.58. The molecule has 0 radical (unpaired) electrons. The maximum absolute atomic E-state index is 11.1. The number of hydrogen-bond donors (Lipinski definition) is 1. The molecule has 108 valence electrons. The van der Waals surface area contributed by atoms with Crippen molar-refractivity contribution in [2.45, 2.75) is 19.1 Å². The summed E-state index contributed by atoms with van der Waals surface area (Å²) in [7, 11) is 4.73. The van der Waals surface area contributed by atoms with E-state index < -0.39 is 0 Å². The van der Waals surface area contributed by atoms with Crippen molar-refractivity contribution in [3.8, 4) is 0 Å². The first-order valence-electron chi connectivity index (χ1n) is 6.06. The van der Waals surface area contributed by atoms with Crippen LogP contribution in [0.15, 0.2) is 12.1 Å². The second-order valence-corrected chi connectivity index (χ2v) is 5.32. The van der Waals surface area contributed by atoms with Crippen molar-refractivity contribution in [3.63, 3.8) is 0 Å². The summed E-state index contributed by atoms with van der Waals surface area (Å²) < 4.78 is 14.9. The summed E-state index contributed by atoms with van der Waals surface area (Å²) in [6.45, 7) is 2.06. The molecule has 0 bridgehead atoms. The second kappa shape index (κ2) is 9.03. The molecule has 1 unspecified atom stereocenters. The maximum Gasteiger partial charge on any atom is 0.310 e. The van der Waals surface area contributed by atoms with Gasteiger partial charge >= 0.3 is 5.97 Å². The van der Waals surface area contributed by atoms with Gasteiger partial charge in [0.15, 0.2) is 0 Å². The van der Waals surface area contributed by atoms with Crippen LogP contribution in [0, 0.1) is 0 Å². The van der Waals surface area contributed by atoms with Crippen LogP contribution in [-0.2, 0) is 32.0 Å². The van der Waals surface area contributed by atoms with Gasteiger partial charge in [0.25, 0.3) is 0 Å². The molecule has 1 N–H and O–H groups in total. The standard InChI is InChI=1S/C13H21NO4S/c1-16-9-10(17-2)7-14-8-12-5-4-11(19-12)6-13(15)18-3/h4-5,10,14H,6-9H2,1-3H3. The summed E-state index contributed by atoms with van der Waals surface area (Å²) in [6.07, 6.45) is 0.394. The van der Waals surface area contributed by atoms with Crippen molar-refractivity contribution < 1.29 is 19.0 Å². The number of carbonyl (C=O) groups is 1. The Balaban J connectivity index is 2.31. The van der Waals surface area contributed by atoms with Gasteiger partial charge in [-0.05, 0) is 12.1 Å². The fourth-order valence-corrected chi connectivity index (χ4v) is 2.55. The van der Waals surface area contributed by atoms with Gasteiger partial charge in [0.2, 0.25) is 0 Å². The van der Waals surface area contributed by atoms with E-state index in [0.29, 0.717) is 13.0 Å². The first-order chi connectivity index (χ1) is 9.19. The van der Waals surface area contributed by atoms with E-state index in [2.05, 4.69) is 10.1 Å². The van der Waals surface area contributed by atoms with Gasteiger partial charge in [-0.15, -0.1) is 11.3 Å². The van der Waals surface area contributed by atoms with Crippen LogP contribution in [0.25, 0.3) is 0 Å². The Morgan fingerprint density at radius 2 is 2.05 bits per heavy atom. The number of hydrogen-bond acceptors (Lipinski definition) is 6. The van der Waals surface area contributed by atoms with Crippen molar-refractivity contribution >= 4 is 17.3 Å². The molecule has 1 atom stereocenters. The molecular weight excluding hydrogens is 266 g/mol. The first kappa shape index (κ1) is 16.1. The highest BCUT2D eigenvalue weighted by atomic mass is 32.1. The molecule has 0 saturated heterocycles. The minimum absolute atomic E-state index is 0.0551. The third-order valence-corrected chi connectivity index (χ3v) is 3.71. The molecule has 6 heteroatoms. The van der Waals surface area contributed by atoms with E-state index in [-0.39, 0.29) is 12.1 Å². The Labute approximate surface area is 117 Å². The smallest absolute Gasteiger partial charge is 0.310 e. The lowest BCUT2D eigenvalue weighted by Gasteiger charge is -2.14. The zero-order valence-electron chi connectivity index (χ0n) is 11.6. The van der Waals surface area contributed by atoms with Gasteiger partial charge in [0.1, 0.15) is 0 Å². The average Bonchev–Trinajstić information content (AvgIpc) is 2.85. The summed E-state index contributed by atoms with van der Waals surface area (Å²) in [4.78, 5) is 13.3. The van der Waals surface area contributed by atoms with Gasteiger partial charge in [-0.1, -0.05) is 0 Å².